The number of benzene rings is 1. The van der Waals surface area contributed by atoms with Crippen LogP contribution in [0, 0.1) is 0 Å². The molecule has 6 rings (SSSR count). The Morgan fingerprint density at radius 2 is 1.79 bits per heavy atom. The van der Waals surface area contributed by atoms with E-state index in [1.54, 1.807) is 23.3 Å². The summed E-state index contributed by atoms with van der Waals surface area (Å²) in [6, 6.07) is 13.6. The van der Waals surface area contributed by atoms with Crippen LogP contribution in [0.2, 0.25) is 0 Å². The van der Waals surface area contributed by atoms with E-state index in [2.05, 4.69) is 30.0 Å². The normalized spacial score (nSPS) is 14.3. The lowest BCUT2D eigenvalue weighted by Gasteiger charge is -2.35. The molecular weight excluding hydrogens is 418 g/mol. The predicted molar refractivity (Wildman–Crippen MR) is 123 cm³/mol. The third kappa shape index (κ3) is 3.55. The van der Waals surface area contributed by atoms with Crippen LogP contribution in [-0.4, -0.2) is 71.7 Å². The van der Waals surface area contributed by atoms with Crippen LogP contribution < -0.4 is 4.90 Å². The minimum atomic E-state index is 0.0521. The van der Waals surface area contributed by atoms with Gasteiger partial charge < -0.3 is 19.4 Å². The number of nitrogens with one attached hydrogen (secondary N) is 1. The highest BCUT2D eigenvalue weighted by Crippen LogP contribution is 2.28. The Balaban J connectivity index is 1.18. The van der Waals surface area contributed by atoms with Crippen LogP contribution in [0.5, 0.6) is 0 Å². The van der Waals surface area contributed by atoms with Crippen LogP contribution in [0.3, 0.4) is 0 Å². The van der Waals surface area contributed by atoms with Crippen LogP contribution in [0.15, 0.2) is 61.2 Å². The van der Waals surface area contributed by atoms with Crippen LogP contribution in [-0.2, 0) is 11.3 Å². The second-order valence-electron chi connectivity index (χ2n) is 7.96. The minimum Gasteiger partial charge on any atom is -0.351 e. The Morgan fingerprint density at radius 3 is 2.67 bits per heavy atom. The number of fused-ring (bicyclic) bond motifs is 2. The van der Waals surface area contributed by atoms with Gasteiger partial charge in [0, 0.05) is 32.4 Å². The number of amides is 1. The molecule has 4 aromatic heterocycles. The largest absolute Gasteiger partial charge is 0.351 e. The first-order valence-electron chi connectivity index (χ1n) is 10.8. The average molecular weight is 439 g/mol. The van der Waals surface area contributed by atoms with E-state index in [1.165, 1.54) is 0 Å². The van der Waals surface area contributed by atoms with Crippen molar-refractivity contribution in [1.29, 1.82) is 0 Å². The molecule has 1 fully saturated rings. The van der Waals surface area contributed by atoms with Gasteiger partial charge in [-0.05, 0) is 30.3 Å². The molecule has 0 radical (unpaired) electrons. The van der Waals surface area contributed by atoms with Crippen molar-refractivity contribution in [2.24, 2.45) is 0 Å². The number of aromatic nitrogens is 7. The quantitative estimate of drug-likeness (QED) is 0.457. The van der Waals surface area contributed by atoms with E-state index in [0.717, 1.165) is 39.4 Å². The van der Waals surface area contributed by atoms with Crippen molar-refractivity contribution in [2.75, 3.05) is 31.1 Å². The molecule has 1 saturated heterocycles. The van der Waals surface area contributed by atoms with E-state index in [1.807, 2.05) is 47.4 Å². The molecule has 0 aliphatic carbocycles. The molecule has 10 heteroatoms. The summed E-state index contributed by atoms with van der Waals surface area (Å²) in [6.45, 7) is 2.77. The second-order valence-corrected chi connectivity index (χ2v) is 7.96. The second kappa shape index (κ2) is 7.97. The highest BCUT2D eigenvalue weighted by molar-refractivity contribution is 5.82. The number of imidazole rings is 2. The van der Waals surface area contributed by atoms with Gasteiger partial charge >= 0.3 is 0 Å². The number of carbonyl (C=O) groups excluding carboxylic acids is 1. The summed E-state index contributed by atoms with van der Waals surface area (Å²) in [4.78, 5) is 33.7. The van der Waals surface area contributed by atoms with E-state index >= 15 is 0 Å². The summed E-state index contributed by atoms with van der Waals surface area (Å²) in [5, 5.41) is 8.51. The van der Waals surface area contributed by atoms with Crippen molar-refractivity contribution in [3.8, 4) is 11.4 Å². The topological polar surface area (TPSA) is 109 Å². The zero-order valence-electron chi connectivity index (χ0n) is 17.8. The highest BCUT2D eigenvalue weighted by atomic mass is 16.2. The van der Waals surface area contributed by atoms with Gasteiger partial charge in [-0.1, -0.05) is 12.1 Å². The van der Waals surface area contributed by atoms with Crippen LogP contribution in [0.25, 0.3) is 33.6 Å². The van der Waals surface area contributed by atoms with Gasteiger partial charge in [0.2, 0.25) is 5.91 Å². The third-order valence-electron chi connectivity index (χ3n) is 5.96. The SMILES string of the molecule is O=C(Cn1cnc2cccnc21)N1CCN(c2nnccc2-c2nc3ccccc3[nH]2)CC1. The molecule has 0 spiro atoms. The van der Waals surface area contributed by atoms with Gasteiger partial charge in [0.1, 0.15) is 17.9 Å². The van der Waals surface area contributed by atoms with Crippen molar-refractivity contribution in [3.63, 3.8) is 0 Å². The summed E-state index contributed by atoms with van der Waals surface area (Å²) in [7, 11) is 0. The fourth-order valence-corrected chi connectivity index (χ4v) is 4.25. The number of hydrogen-bond acceptors (Lipinski definition) is 7. The third-order valence-corrected chi connectivity index (χ3v) is 5.96. The fraction of sp³-hybridized carbons (Fsp3) is 0.217. The van der Waals surface area contributed by atoms with Gasteiger partial charge in [-0.25, -0.2) is 15.0 Å². The molecule has 1 aliphatic heterocycles. The van der Waals surface area contributed by atoms with Crippen molar-refractivity contribution in [3.05, 3.63) is 61.2 Å². The van der Waals surface area contributed by atoms with Crippen molar-refractivity contribution in [2.45, 2.75) is 6.54 Å². The van der Waals surface area contributed by atoms with E-state index in [4.69, 9.17) is 4.98 Å². The van der Waals surface area contributed by atoms with Crippen molar-refractivity contribution >= 4 is 33.9 Å². The predicted octanol–water partition coefficient (Wildman–Crippen LogP) is 2.11. The molecule has 0 unspecified atom stereocenters. The number of piperazine rings is 1. The molecule has 0 saturated carbocycles. The Kier molecular flexibility index (Phi) is 4.68. The first kappa shape index (κ1) is 19.4. The van der Waals surface area contributed by atoms with Gasteiger partial charge in [0.05, 0.1) is 29.1 Å². The number of aromatic amines is 1. The Labute approximate surface area is 188 Å². The van der Waals surface area contributed by atoms with Crippen LogP contribution in [0.4, 0.5) is 5.82 Å². The molecule has 1 N–H and O–H groups in total. The molecule has 5 heterocycles. The number of nitrogens with zero attached hydrogens (tertiary/aromatic N) is 8. The first-order chi connectivity index (χ1) is 16.3. The summed E-state index contributed by atoms with van der Waals surface area (Å²) >= 11 is 0. The van der Waals surface area contributed by atoms with E-state index < -0.39 is 0 Å². The van der Waals surface area contributed by atoms with Gasteiger partial charge in [-0.2, -0.15) is 5.10 Å². The lowest BCUT2D eigenvalue weighted by molar-refractivity contribution is -0.132. The highest BCUT2D eigenvalue weighted by Gasteiger charge is 2.25. The van der Waals surface area contributed by atoms with Crippen LogP contribution in [0.1, 0.15) is 0 Å². The molecule has 0 atom stereocenters. The zero-order valence-corrected chi connectivity index (χ0v) is 17.8. The van der Waals surface area contributed by atoms with Gasteiger partial charge in [0.15, 0.2) is 11.5 Å². The molecule has 5 aromatic rings. The monoisotopic (exact) mass is 439 g/mol. The molecule has 1 aromatic carbocycles. The minimum absolute atomic E-state index is 0.0521. The summed E-state index contributed by atoms with van der Waals surface area (Å²) in [5.41, 5.74) is 4.30. The maximum Gasteiger partial charge on any atom is 0.242 e. The molecule has 1 aliphatic rings. The number of H-pyrrole nitrogens is 1. The maximum atomic E-state index is 12.9. The van der Waals surface area contributed by atoms with E-state index in [9.17, 15) is 4.79 Å². The molecule has 0 bridgehead atoms. The summed E-state index contributed by atoms with van der Waals surface area (Å²) < 4.78 is 1.80. The fourth-order valence-electron chi connectivity index (χ4n) is 4.25. The Morgan fingerprint density at radius 1 is 0.939 bits per heavy atom. The number of para-hydroxylation sites is 2. The van der Waals surface area contributed by atoms with Crippen molar-refractivity contribution < 1.29 is 4.79 Å². The van der Waals surface area contributed by atoms with E-state index in [0.29, 0.717) is 26.2 Å². The summed E-state index contributed by atoms with van der Waals surface area (Å²) in [6.07, 6.45) is 5.06. The van der Waals surface area contributed by atoms with Crippen LogP contribution >= 0.6 is 0 Å². The van der Waals surface area contributed by atoms with Gasteiger partial charge in [-0.3, -0.25) is 4.79 Å². The number of anilines is 1. The molecule has 33 heavy (non-hydrogen) atoms. The zero-order chi connectivity index (χ0) is 22.2. The lowest BCUT2D eigenvalue weighted by Crippen LogP contribution is -2.50. The average Bonchev–Trinajstić information content (AvgIpc) is 3.48. The Hall–Kier alpha value is -4.34. The standard InChI is InChI=1S/C23H21N9O/c33-20(14-32-15-25-19-6-3-8-24-23(19)32)30-10-12-31(13-11-30)22-16(7-9-26-29-22)21-27-17-4-1-2-5-18(17)28-21/h1-9,15H,10-14H2,(H,27,28). The number of hydrogen-bond donors (Lipinski definition) is 1. The molecule has 1 amide bonds. The van der Waals surface area contributed by atoms with Crippen molar-refractivity contribution in [1.82, 2.24) is 39.6 Å². The number of rotatable bonds is 4. The summed E-state index contributed by atoms with van der Waals surface area (Å²) in [5.74, 6) is 1.59. The van der Waals surface area contributed by atoms with Gasteiger partial charge in [0.25, 0.3) is 0 Å². The number of pyridine rings is 1. The molecular formula is C23H21N9O. The smallest absolute Gasteiger partial charge is 0.242 e. The number of carbonyl (C=O) groups is 1. The Bertz CT molecular complexity index is 1420. The molecule has 164 valence electrons. The maximum absolute atomic E-state index is 12.9. The first-order valence-corrected chi connectivity index (χ1v) is 10.8. The lowest BCUT2D eigenvalue weighted by atomic mass is 10.2. The molecule has 10 nitrogen and oxygen atoms in total. The van der Waals surface area contributed by atoms with Gasteiger partial charge in [-0.15, -0.1) is 5.10 Å². The van der Waals surface area contributed by atoms with E-state index in [-0.39, 0.29) is 12.5 Å².